The second kappa shape index (κ2) is 17.9. The largest absolute Gasteiger partial charge is 0.494 e. The van der Waals surface area contributed by atoms with Crippen molar-refractivity contribution in [3.8, 4) is 5.75 Å². The summed E-state index contributed by atoms with van der Waals surface area (Å²) in [4.78, 5) is 31.7. The summed E-state index contributed by atoms with van der Waals surface area (Å²) in [7, 11) is 4.04. The molecule has 8 heteroatoms. The second-order valence-corrected chi connectivity index (χ2v) is 10.7. The first kappa shape index (κ1) is 34.5. The molecule has 2 aromatic carbocycles. The summed E-state index contributed by atoms with van der Waals surface area (Å²) in [5.41, 5.74) is 9.26. The van der Waals surface area contributed by atoms with Gasteiger partial charge in [-0.2, -0.15) is 0 Å². The van der Waals surface area contributed by atoms with Crippen molar-refractivity contribution in [2.24, 2.45) is 11.1 Å². The lowest BCUT2D eigenvalue weighted by molar-refractivity contribution is -0.129. The van der Waals surface area contributed by atoms with E-state index in [0.29, 0.717) is 12.3 Å². The molecule has 1 saturated heterocycles. The third-order valence-electron chi connectivity index (χ3n) is 7.40. The van der Waals surface area contributed by atoms with E-state index < -0.39 is 0 Å². The van der Waals surface area contributed by atoms with Crippen molar-refractivity contribution >= 4 is 30.9 Å². The number of nitrogens with one attached hydrogen (secondary N) is 1. The number of rotatable bonds is 10. The standard InChI is InChI=1S/C20H26N2O.C10H18N2O.2CH2O/c1-16-7-13-19(14-8-16)23-15-5-4-6-20(21)17-9-11-18(12-10-17)22(2)3;1-10(9(11)13)4-6-12(7-5-10)8-2-3-8;2*1-2/h7-14,21H,4-6,15H2,1-3H3;8H,2-7H2,1H3,(H2,11,13);2*1H2. The van der Waals surface area contributed by atoms with Gasteiger partial charge in [-0.1, -0.05) is 36.8 Å². The molecule has 220 valence electrons. The van der Waals surface area contributed by atoms with Gasteiger partial charge in [0.25, 0.3) is 0 Å². The summed E-state index contributed by atoms with van der Waals surface area (Å²) in [5, 5.41) is 8.18. The van der Waals surface area contributed by atoms with Gasteiger partial charge in [-0.05, 0) is 94.8 Å². The molecule has 0 atom stereocenters. The quantitative estimate of drug-likeness (QED) is 0.315. The smallest absolute Gasteiger partial charge is 0.223 e. The minimum Gasteiger partial charge on any atom is -0.494 e. The monoisotopic (exact) mass is 552 g/mol. The first-order valence-corrected chi connectivity index (χ1v) is 13.8. The molecule has 1 saturated carbocycles. The molecule has 1 aliphatic carbocycles. The predicted octanol–water partition coefficient (Wildman–Crippen LogP) is 5.04. The summed E-state index contributed by atoms with van der Waals surface area (Å²) in [5.74, 6) is 0.799. The number of amides is 1. The van der Waals surface area contributed by atoms with Gasteiger partial charge in [0.1, 0.15) is 19.3 Å². The number of anilines is 1. The van der Waals surface area contributed by atoms with E-state index in [1.54, 1.807) is 0 Å². The number of nitrogens with two attached hydrogens (primary N) is 1. The number of primary amides is 1. The lowest BCUT2D eigenvalue weighted by Crippen LogP contribution is -2.46. The van der Waals surface area contributed by atoms with Crippen LogP contribution in [-0.4, -0.2) is 69.9 Å². The third-order valence-corrected chi connectivity index (χ3v) is 7.40. The maximum Gasteiger partial charge on any atom is 0.223 e. The van der Waals surface area contributed by atoms with Gasteiger partial charge in [0.05, 0.1) is 6.61 Å². The summed E-state index contributed by atoms with van der Waals surface area (Å²) >= 11 is 0. The number of likely N-dealkylation sites (tertiary alicyclic amines) is 1. The Morgan fingerprint density at radius 2 is 1.55 bits per heavy atom. The van der Waals surface area contributed by atoms with Gasteiger partial charge in [0.15, 0.2) is 0 Å². The van der Waals surface area contributed by atoms with Crippen molar-refractivity contribution in [3.63, 3.8) is 0 Å². The molecule has 0 spiro atoms. The number of hydrogen-bond donors (Lipinski definition) is 2. The molecule has 2 aliphatic rings. The Morgan fingerprint density at radius 1 is 1.00 bits per heavy atom. The summed E-state index contributed by atoms with van der Waals surface area (Å²) < 4.78 is 5.71. The lowest BCUT2D eigenvalue weighted by atomic mass is 9.80. The van der Waals surface area contributed by atoms with E-state index in [4.69, 9.17) is 25.5 Å². The molecule has 0 aromatic heterocycles. The molecular weight excluding hydrogens is 504 g/mol. The maximum absolute atomic E-state index is 11.2. The Hall–Kier alpha value is -3.52. The first-order chi connectivity index (χ1) is 19.2. The molecule has 0 bridgehead atoms. The van der Waals surface area contributed by atoms with Crippen LogP contribution in [0.4, 0.5) is 5.69 Å². The highest BCUT2D eigenvalue weighted by Gasteiger charge is 2.39. The Morgan fingerprint density at radius 3 is 2.02 bits per heavy atom. The lowest BCUT2D eigenvalue weighted by Gasteiger charge is -2.37. The van der Waals surface area contributed by atoms with Crippen molar-refractivity contribution < 1.29 is 19.1 Å². The van der Waals surface area contributed by atoms with E-state index in [2.05, 4.69) is 41.0 Å². The van der Waals surface area contributed by atoms with Crippen molar-refractivity contribution in [2.45, 2.75) is 64.8 Å². The number of carbonyl (C=O) groups is 3. The van der Waals surface area contributed by atoms with Gasteiger partial charge in [-0.3, -0.25) is 4.79 Å². The molecule has 40 heavy (non-hydrogen) atoms. The van der Waals surface area contributed by atoms with Gasteiger partial charge in [-0.15, -0.1) is 0 Å². The van der Waals surface area contributed by atoms with Crippen LogP contribution in [0, 0.1) is 17.7 Å². The van der Waals surface area contributed by atoms with E-state index in [1.165, 1.54) is 18.4 Å². The Kier molecular flexibility index (Phi) is 15.5. The minimum atomic E-state index is -0.231. The van der Waals surface area contributed by atoms with E-state index in [1.807, 2.05) is 58.9 Å². The van der Waals surface area contributed by atoms with Crippen LogP contribution in [-0.2, 0) is 14.4 Å². The van der Waals surface area contributed by atoms with E-state index in [9.17, 15) is 4.79 Å². The average molecular weight is 553 g/mol. The summed E-state index contributed by atoms with van der Waals surface area (Å²) in [6.45, 7) is 10.9. The molecular formula is C32H48N4O4. The summed E-state index contributed by atoms with van der Waals surface area (Å²) in [6, 6.07) is 17.1. The van der Waals surface area contributed by atoms with Crippen molar-refractivity contribution in [1.29, 1.82) is 5.41 Å². The van der Waals surface area contributed by atoms with Crippen molar-refractivity contribution in [1.82, 2.24) is 4.90 Å². The maximum atomic E-state index is 11.2. The van der Waals surface area contributed by atoms with Crippen LogP contribution in [0.2, 0.25) is 0 Å². The van der Waals surface area contributed by atoms with Crippen molar-refractivity contribution in [2.75, 3.05) is 38.7 Å². The Balaban J connectivity index is 0.000000397. The highest BCUT2D eigenvalue weighted by atomic mass is 16.5. The van der Waals surface area contributed by atoms with Crippen molar-refractivity contribution in [3.05, 3.63) is 59.7 Å². The second-order valence-electron chi connectivity index (χ2n) is 10.7. The van der Waals surface area contributed by atoms with E-state index >= 15 is 0 Å². The third kappa shape index (κ3) is 11.7. The number of unbranched alkanes of at least 4 members (excludes halogenated alkanes) is 1. The molecule has 0 radical (unpaired) electrons. The number of hydrogen-bond acceptors (Lipinski definition) is 7. The molecule has 1 amide bonds. The predicted molar refractivity (Wildman–Crippen MR) is 163 cm³/mol. The molecule has 0 unspecified atom stereocenters. The zero-order valence-corrected chi connectivity index (χ0v) is 24.8. The molecule has 2 fully saturated rings. The van der Waals surface area contributed by atoms with Crippen LogP contribution >= 0.6 is 0 Å². The molecule has 2 aromatic rings. The molecule has 3 N–H and O–H groups in total. The zero-order chi connectivity index (χ0) is 30.1. The number of benzene rings is 2. The number of ether oxygens (including phenoxy) is 1. The van der Waals surface area contributed by atoms with Gasteiger partial charge < -0.3 is 35.3 Å². The number of piperidine rings is 1. The molecule has 1 aliphatic heterocycles. The molecule has 1 heterocycles. The fourth-order valence-electron chi connectivity index (χ4n) is 4.40. The SMILES string of the molecule is C=O.C=O.CC1(C(N)=O)CCN(C2CC2)CC1.Cc1ccc(OCCCCC(=N)c2ccc(N(C)C)cc2)cc1. The first-order valence-electron chi connectivity index (χ1n) is 13.8. The van der Waals surface area contributed by atoms with Crippen LogP contribution < -0.4 is 15.4 Å². The highest BCUT2D eigenvalue weighted by Crippen LogP contribution is 2.36. The summed E-state index contributed by atoms with van der Waals surface area (Å²) in [6.07, 6.45) is 7.32. The van der Waals surface area contributed by atoms with Gasteiger partial charge in [0, 0.05) is 37.0 Å². The van der Waals surface area contributed by atoms with Crippen LogP contribution in [0.1, 0.15) is 63.0 Å². The Bertz CT molecular complexity index is 1010. The number of carbonyl (C=O) groups excluding carboxylic acids is 3. The Labute approximate surface area is 240 Å². The van der Waals surface area contributed by atoms with Gasteiger partial charge in [-0.25, -0.2) is 0 Å². The van der Waals surface area contributed by atoms with Gasteiger partial charge >= 0.3 is 0 Å². The van der Waals surface area contributed by atoms with Crippen LogP contribution in [0.3, 0.4) is 0 Å². The average Bonchev–Trinajstić information content (AvgIpc) is 3.82. The normalized spacial score (nSPS) is 15.5. The fourth-order valence-corrected chi connectivity index (χ4v) is 4.40. The number of aryl methyl sites for hydroxylation is 1. The minimum absolute atomic E-state index is 0.122. The van der Waals surface area contributed by atoms with E-state index in [-0.39, 0.29) is 11.3 Å². The van der Waals surface area contributed by atoms with Gasteiger partial charge in [0.2, 0.25) is 5.91 Å². The number of nitrogens with zero attached hydrogens (tertiary/aromatic N) is 2. The molecule has 4 rings (SSSR count). The van der Waals surface area contributed by atoms with E-state index in [0.717, 1.165) is 68.2 Å². The molecule has 8 nitrogen and oxygen atoms in total. The van der Waals surface area contributed by atoms with Crippen LogP contribution in [0.15, 0.2) is 48.5 Å². The van der Waals surface area contributed by atoms with Crippen LogP contribution in [0.5, 0.6) is 5.75 Å². The van der Waals surface area contributed by atoms with Crippen LogP contribution in [0.25, 0.3) is 0 Å². The highest BCUT2D eigenvalue weighted by molar-refractivity contribution is 5.98. The fraction of sp³-hybridized carbons (Fsp3) is 0.500. The zero-order valence-electron chi connectivity index (χ0n) is 24.8. The topological polar surface area (TPSA) is 117 Å².